The van der Waals surface area contributed by atoms with Crippen LogP contribution in [-0.2, 0) is 9.30 Å². The summed E-state index contributed by atoms with van der Waals surface area (Å²) in [5, 5.41) is 19.0. The summed E-state index contributed by atoms with van der Waals surface area (Å²) >= 11 is 0. The molecule has 18 heavy (non-hydrogen) atoms. The van der Waals surface area contributed by atoms with E-state index < -0.39 is 38.8 Å². The summed E-state index contributed by atoms with van der Waals surface area (Å²) in [6.07, 6.45) is 0.352. The van der Waals surface area contributed by atoms with E-state index in [9.17, 15) is 24.6 Å². The highest BCUT2D eigenvalue weighted by Gasteiger charge is 2.40. The number of hydrogen-bond donors (Lipinski definition) is 4. The van der Waals surface area contributed by atoms with Crippen molar-refractivity contribution in [3.63, 3.8) is 0 Å². The van der Waals surface area contributed by atoms with Crippen LogP contribution in [0.25, 0.3) is 0 Å². The zero-order valence-electron chi connectivity index (χ0n) is 10.2. The van der Waals surface area contributed by atoms with Gasteiger partial charge in [-0.3, -0.25) is 4.57 Å². The highest BCUT2D eigenvalue weighted by molar-refractivity contribution is 7.80. The van der Waals surface area contributed by atoms with Gasteiger partial charge in [0, 0.05) is 19.3 Å². The maximum absolute atomic E-state index is 11.8. The van der Waals surface area contributed by atoms with Crippen LogP contribution in [0.15, 0.2) is 0 Å². The lowest BCUT2D eigenvalue weighted by atomic mass is 9.93. The van der Waals surface area contributed by atoms with Crippen LogP contribution in [0.4, 0.5) is 0 Å². The average Bonchev–Trinajstić information content (AvgIpc) is 2.39. The number of aliphatic hydroxyl groups excluding tert-OH is 2. The zero-order chi connectivity index (χ0) is 14.1. The molecule has 0 bridgehead atoms. The summed E-state index contributed by atoms with van der Waals surface area (Å²) in [4.78, 5) is 19.2. The molecular weight excluding hydrogens is 277 g/mol. The van der Waals surface area contributed by atoms with Crippen LogP contribution in [-0.4, -0.2) is 77.2 Å². The topological polar surface area (TPSA) is 107 Å². The first-order valence-corrected chi connectivity index (χ1v) is 10.1. The molecule has 0 saturated carbocycles. The monoisotopic (exact) mass is 296 g/mol. The molecular formula is C9H19BO6P2. The summed E-state index contributed by atoms with van der Waals surface area (Å²) < 4.78 is 16.9. The summed E-state index contributed by atoms with van der Waals surface area (Å²) in [5.41, 5.74) is 0. The van der Waals surface area contributed by atoms with Gasteiger partial charge in [-0.05, 0) is 13.1 Å². The molecule has 6 atom stereocenters. The van der Waals surface area contributed by atoms with Gasteiger partial charge in [-0.25, -0.2) is 0 Å². The second kappa shape index (κ2) is 5.80. The van der Waals surface area contributed by atoms with E-state index >= 15 is 0 Å². The average molecular weight is 296 g/mol. The van der Waals surface area contributed by atoms with Crippen molar-refractivity contribution in [3.05, 3.63) is 0 Å². The van der Waals surface area contributed by atoms with Crippen LogP contribution < -0.4 is 0 Å². The zero-order valence-corrected chi connectivity index (χ0v) is 12.0. The van der Waals surface area contributed by atoms with Crippen molar-refractivity contribution in [2.75, 3.05) is 18.7 Å². The van der Waals surface area contributed by atoms with Gasteiger partial charge in [0.25, 0.3) is 0 Å². The Morgan fingerprint density at radius 1 is 1.33 bits per heavy atom. The van der Waals surface area contributed by atoms with Gasteiger partial charge in [0.2, 0.25) is 7.37 Å². The molecule has 9 heteroatoms. The number of rotatable bonds is 5. The molecule has 1 rings (SSSR count). The fraction of sp³-hybridized carbons (Fsp3) is 0.889. The van der Waals surface area contributed by atoms with Crippen LogP contribution in [0.2, 0.25) is 0 Å². The van der Waals surface area contributed by atoms with E-state index in [4.69, 9.17) is 12.6 Å². The van der Waals surface area contributed by atoms with Gasteiger partial charge in [-0.1, -0.05) is 6.30 Å². The summed E-state index contributed by atoms with van der Waals surface area (Å²) in [6.45, 7) is 1.45. The molecule has 0 aromatic rings. The van der Waals surface area contributed by atoms with Crippen LogP contribution in [0.5, 0.6) is 0 Å². The SMILES string of the molecule is [B][C@@H]1O[C@H](CCP(=O)(O)CP(=C)(C)O)C(O)[C@@H]1O. The van der Waals surface area contributed by atoms with Crippen molar-refractivity contribution >= 4 is 28.6 Å². The molecule has 0 spiro atoms. The predicted octanol–water partition coefficient (Wildman–Crippen LogP) is -0.794. The third kappa shape index (κ3) is 4.82. The lowest BCUT2D eigenvalue weighted by molar-refractivity contribution is 0.0212. The second-order valence-electron chi connectivity index (χ2n) is 4.96. The first-order valence-electron chi connectivity index (χ1n) is 5.52. The minimum atomic E-state index is -3.51. The van der Waals surface area contributed by atoms with Crippen molar-refractivity contribution in [1.29, 1.82) is 0 Å². The van der Waals surface area contributed by atoms with Gasteiger partial charge < -0.3 is 24.7 Å². The van der Waals surface area contributed by atoms with Crippen LogP contribution in [0.3, 0.4) is 0 Å². The highest BCUT2D eigenvalue weighted by atomic mass is 31.2. The fourth-order valence-corrected chi connectivity index (χ4v) is 6.92. The molecule has 1 heterocycles. The maximum Gasteiger partial charge on any atom is 0.206 e. The molecule has 1 aliphatic rings. The molecule has 0 aliphatic carbocycles. The predicted molar refractivity (Wildman–Crippen MR) is 72.8 cm³/mol. The normalized spacial score (nSPS) is 39.2. The van der Waals surface area contributed by atoms with E-state index in [0.29, 0.717) is 0 Å². The maximum atomic E-state index is 11.8. The van der Waals surface area contributed by atoms with Gasteiger partial charge in [0.15, 0.2) is 0 Å². The van der Waals surface area contributed by atoms with Gasteiger partial charge in [0.1, 0.15) is 14.0 Å². The quantitative estimate of drug-likeness (QED) is 0.391. The number of aliphatic hydroxyl groups is 2. The molecule has 0 aromatic carbocycles. The molecule has 6 nitrogen and oxygen atoms in total. The van der Waals surface area contributed by atoms with Gasteiger partial charge >= 0.3 is 0 Å². The largest absolute Gasteiger partial charge is 0.388 e. The van der Waals surface area contributed by atoms with Crippen molar-refractivity contribution in [1.82, 2.24) is 0 Å². The third-order valence-electron chi connectivity index (χ3n) is 2.69. The molecule has 0 aromatic heterocycles. The molecule has 1 saturated heterocycles. The molecule has 2 radical (unpaired) electrons. The van der Waals surface area contributed by atoms with Gasteiger partial charge in [-0.15, -0.1) is 0 Å². The third-order valence-corrected chi connectivity index (χ3v) is 7.85. The highest BCUT2D eigenvalue weighted by Crippen LogP contribution is 2.55. The van der Waals surface area contributed by atoms with E-state index in [1.165, 1.54) is 6.66 Å². The molecule has 0 amide bonds. The smallest absolute Gasteiger partial charge is 0.206 e. The first-order chi connectivity index (χ1) is 8.02. The Morgan fingerprint density at radius 2 is 1.89 bits per heavy atom. The first kappa shape index (κ1) is 16.4. The van der Waals surface area contributed by atoms with Crippen molar-refractivity contribution in [2.45, 2.75) is 30.7 Å². The van der Waals surface area contributed by atoms with E-state index in [-0.39, 0.29) is 18.5 Å². The Hall–Kier alpha value is 0.395. The Bertz CT molecular complexity index is 383. The number of ether oxygens (including phenoxy) is 1. The molecule has 104 valence electrons. The van der Waals surface area contributed by atoms with E-state index in [1.54, 1.807) is 0 Å². The molecule has 1 aliphatic heterocycles. The van der Waals surface area contributed by atoms with Crippen molar-refractivity contribution in [3.8, 4) is 0 Å². The van der Waals surface area contributed by atoms with Crippen LogP contribution in [0, 0.1) is 0 Å². The lowest BCUT2D eigenvalue weighted by Crippen LogP contribution is -2.32. The van der Waals surface area contributed by atoms with Gasteiger partial charge in [-0.2, -0.15) is 0 Å². The number of hydrogen-bond acceptors (Lipinski definition) is 5. The Labute approximate surface area is 108 Å². The Kier molecular flexibility index (Phi) is 5.30. The second-order valence-corrected chi connectivity index (χ2v) is 10.9. The van der Waals surface area contributed by atoms with Crippen molar-refractivity contribution < 1.29 is 29.3 Å². The van der Waals surface area contributed by atoms with Crippen molar-refractivity contribution in [2.24, 2.45) is 0 Å². The Morgan fingerprint density at radius 3 is 2.28 bits per heavy atom. The van der Waals surface area contributed by atoms with E-state index in [1.807, 2.05) is 0 Å². The standard InChI is InChI=1S/C9H19BO6P2/c1-17(2,13)5-18(14,15)4-3-6-7(11)8(12)9(10)16-6/h6-9,11-13H,1,3-5H2,2H3,(H,14,15)/t6-,7?,8+,9-,17?/m1/s1. The summed E-state index contributed by atoms with van der Waals surface area (Å²) in [6, 6.07) is -0.980. The molecule has 1 fully saturated rings. The molecule has 4 N–H and O–H groups in total. The molecule has 3 unspecified atom stereocenters. The minimum absolute atomic E-state index is 0.0969. The van der Waals surface area contributed by atoms with Crippen LogP contribution in [0.1, 0.15) is 6.42 Å². The lowest BCUT2D eigenvalue weighted by Gasteiger charge is -2.20. The fourth-order valence-electron chi connectivity index (χ4n) is 1.89. The summed E-state index contributed by atoms with van der Waals surface area (Å²) in [7, 11) is -0.696. The van der Waals surface area contributed by atoms with E-state index in [2.05, 4.69) is 6.30 Å². The minimum Gasteiger partial charge on any atom is -0.388 e. The van der Waals surface area contributed by atoms with Crippen LogP contribution >= 0.6 is 14.5 Å². The summed E-state index contributed by atoms with van der Waals surface area (Å²) in [5.74, 6) is -0.225. The van der Waals surface area contributed by atoms with E-state index in [0.717, 1.165) is 0 Å². The Balaban J connectivity index is 2.51. The van der Waals surface area contributed by atoms with Gasteiger partial charge in [0.05, 0.1) is 18.1 Å².